The molecule has 0 saturated carbocycles. The smallest absolute Gasteiger partial charge is 0.145 e. The number of aliphatic hydroxyl groups excluding tert-OH is 1. The number of nitrogens with one attached hydrogen (secondary N) is 1. The molecule has 0 radical (unpaired) electrons. The Balaban J connectivity index is 2.23. The van der Waals surface area contributed by atoms with Gasteiger partial charge in [-0.2, -0.15) is 0 Å². The molecule has 2 N–H and O–H groups in total. The minimum absolute atomic E-state index is 0.106. The van der Waals surface area contributed by atoms with Gasteiger partial charge < -0.3 is 24.8 Å². The summed E-state index contributed by atoms with van der Waals surface area (Å²) >= 11 is 0. The first-order valence-electron chi connectivity index (χ1n) is 6.59. The third kappa shape index (κ3) is 3.30. The lowest BCUT2D eigenvalue weighted by atomic mass is 10.2. The molecule has 0 bridgehead atoms. The van der Waals surface area contributed by atoms with Gasteiger partial charge in [0.2, 0.25) is 0 Å². The standard InChI is InChI=1S/C14H22N2O3/c1-18-12-4-5-13(14(8-12)19-2)16-7-3-6-15-11(9-16)10-17/h4-5,8,11,15,17H,3,6-7,9-10H2,1-2H3. The lowest BCUT2D eigenvalue weighted by molar-refractivity contribution is 0.248. The second kappa shape index (κ2) is 6.63. The first-order valence-corrected chi connectivity index (χ1v) is 6.59. The highest BCUT2D eigenvalue weighted by Crippen LogP contribution is 2.32. The van der Waals surface area contributed by atoms with Crippen LogP contribution in [-0.4, -0.2) is 51.6 Å². The van der Waals surface area contributed by atoms with E-state index >= 15 is 0 Å². The summed E-state index contributed by atoms with van der Waals surface area (Å²) in [5.74, 6) is 1.59. The Morgan fingerprint density at radius 3 is 2.89 bits per heavy atom. The third-order valence-corrected chi connectivity index (χ3v) is 3.43. The molecular weight excluding hydrogens is 244 g/mol. The predicted molar refractivity (Wildman–Crippen MR) is 75.3 cm³/mol. The SMILES string of the molecule is COc1ccc(N2CCCNC(CO)C2)c(OC)c1. The molecule has 0 aliphatic carbocycles. The van der Waals surface area contributed by atoms with Crippen molar-refractivity contribution in [2.24, 2.45) is 0 Å². The zero-order valence-electron chi connectivity index (χ0n) is 11.6. The number of rotatable bonds is 4. The summed E-state index contributed by atoms with van der Waals surface area (Å²) in [5, 5.41) is 12.7. The van der Waals surface area contributed by atoms with E-state index in [0.717, 1.165) is 43.2 Å². The zero-order valence-corrected chi connectivity index (χ0v) is 11.6. The second-order valence-electron chi connectivity index (χ2n) is 4.67. The summed E-state index contributed by atoms with van der Waals surface area (Å²) in [6.07, 6.45) is 1.05. The van der Waals surface area contributed by atoms with Crippen molar-refractivity contribution >= 4 is 5.69 Å². The zero-order chi connectivity index (χ0) is 13.7. The van der Waals surface area contributed by atoms with Gasteiger partial charge >= 0.3 is 0 Å². The van der Waals surface area contributed by atoms with Crippen LogP contribution in [0.3, 0.4) is 0 Å². The van der Waals surface area contributed by atoms with Gasteiger partial charge in [-0.05, 0) is 25.1 Å². The first-order chi connectivity index (χ1) is 9.28. The van der Waals surface area contributed by atoms with Gasteiger partial charge in [-0.3, -0.25) is 0 Å². The number of hydrogen-bond donors (Lipinski definition) is 2. The third-order valence-electron chi connectivity index (χ3n) is 3.43. The number of nitrogens with zero attached hydrogens (tertiary/aromatic N) is 1. The van der Waals surface area contributed by atoms with E-state index in [0.29, 0.717) is 0 Å². The molecule has 1 atom stereocenters. The quantitative estimate of drug-likeness (QED) is 0.847. The molecule has 1 aromatic carbocycles. The Bertz CT molecular complexity index is 412. The van der Waals surface area contributed by atoms with Gasteiger partial charge in [0.1, 0.15) is 11.5 Å². The van der Waals surface area contributed by atoms with Crippen molar-refractivity contribution in [3.63, 3.8) is 0 Å². The normalized spacial score (nSPS) is 19.9. The Hall–Kier alpha value is -1.46. The molecule has 0 aromatic heterocycles. The number of hydrogen-bond acceptors (Lipinski definition) is 5. The molecule has 19 heavy (non-hydrogen) atoms. The van der Waals surface area contributed by atoms with Crippen LogP contribution in [0.4, 0.5) is 5.69 Å². The Kier molecular flexibility index (Phi) is 4.87. The van der Waals surface area contributed by atoms with E-state index in [-0.39, 0.29) is 12.6 Å². The minimum atomic E-state index is 0.106. The number of aliphatic hydroxyl groups is 1. The summed E-state index contributed by atoms with van der Waals surface area (Å²) in [5.41, 5.74) is 1.05. The molecule has 1 aliphatic rings. The van der Waals surface area contributed by atoms with E-state index in [2.05, 4.69) is 10.2 Å². The Morgan fingerprint density at radius 2 is 2.21 bits per heavy atom. The maximum atomic E-state index is 9.35. The first kappa shape index (κ1) is 14.0. The van der Waals surface area contributed by atoms with E-state index in [1.807, 2.05) is 18.2 Å². The van der Waals surface area contributed by atoms with E-state index in [1.165, 1.54) is 0 Å². The summed E-state index contributed by atoms with van der Waals surface area (Å²) in [7, 11) is 3.31. The molecule has 5 nitrogen and oxygen atoms in total. The van der Waals surface area contributed by atoms with Crippen LogP contribution in [0.1, 0.15) is 6.42 Å². The largest absolute Gasteiger partial charge is 0.497 e. The van der Waals surface area contributed by atoms with E-state index in [1.54, 1.807) is 14.2 Å². The van der Waals surface area contributed by atoms with Crippen molar-refractivity contribution in [1.82, 2.24) is 5.32 Å². The van der Waals surface area contributed by atoms with Crippen molar-refractivity contribution in [1.29, 1.82) is 0 Å². The van der Waals surface area contributed by atoms with Gasteiger partial charge in [0.05, 0.1) is 26.5 Å². The average Bonchev–Trinajstić information content (AvgIpc) is 2.71. The summed E-state index contributed by atoms with van der Waals surface area (Å²) < 4.78 is 10.7. The molecule has 1 fully saturated rings. The maximum absolute atomic E-state index is 9.35. The topological polar surface area (TPSA) is 54.0 Å². The van der Waals surface area contributed by atoms with Crippen LogP contribution >= 0.6 is 0 Å². The highest BCUT2D eigenvalue weighted by atomic mass is 16.5. The lowest BCUT2D eigenvalue weighted by Crippen LogP contribution is -2.40. The maximum Gasteiger partial charge on any atom is 0.145 e. The highest BCUT2D eigenvalue weighted by molar-refractivity contribution is 5.61. The van der Waals surface area contributed by atoms with Crippen LogP contribution in [0.2, 0.25) is 0 Å². The van der Waals surface area contributed by atoms with Crippen molar-refractivity contribution in [3.8, 4) is 11.5 Å². The van der Waals surface area contributed by atoms with E-state index in [9.17, 15) is 5.11 Å². The molecule has 1 aromatic rings. The van der Waals surface area contributed by atoms with Gasteiger partial charge in [0.15, 0.2) is 0 Å². The molecule has 106 valence electrons. The lowest BCUT2D eigenvalue weighted by Gasteiger charge is -2.27. The van der Waals surface area contributed by atoms with Crippen LogP contribution < -0.4 is 19.7 Å². The molecule has 1 unspecified atom stereocenters. The van der Waals surface area contributed by atoms with E-state index in [4.69, 9.17) is 9.47 Å². The molecule has 0 amide bonds. The van der Waals surface area contributed by atoms with Crippen LogP contribution in [0, 0.1) is 0 Å². The van der Waals surface area contributed by atoms with Gasteiger partial charge in [0.25, 0.3) is 0 Å². The van der Waals surface area contributed by atoms with Gasteiger partial charge in [0, 0.05) is 25.2 Å². The van der Waals surface area contributed by atoms with E-state index < -0.39 is 0 Å². The van der Waals surface area contributed by atoms with Gasteiger partial charge in [-0.25, -0.2) is 0 Å². The number of ether oxygens (including phenoxy) is 2. The fourth-order valence-electron chi connectivity index (χ4n) is 2.39. The minimum Gasteiger partial charge on any atom is -0.497 e. The van der Waals surface area contributed by atoms with Crippen molar-refractivity contribution in [2.45, 2.75) is 12.5 Å². The summed E-state index contributed by atoms with van der Waals surface area (Å²) in [6.45, 7) is 2.81. The number of benzene rings is 1. The summed E-state index contributed by atoms with van der Waals surface area (Å²) in [4.78, 5) is 2.25. The number of methoxy groups -OCH3 is 2. The van der Waals surface area contributed by atoms with Gasteiger partial charge in [-0.1, -0.05) is 0 Å². The fourth-order valence-corrected chi connectivity index (χ4v) is 2.39. The molecule has 1 saturated heterocycles. The molecule has 0 spiro atoms. The molecule has 2 rings (SSSR count). The second-order valence-corrected chi connectivity index (χ2v) is 4.67. The molecule has 5 heteroatoms. The Morgan fingerprint density at radius 1 is 1.37 bits per heavy atom. The van der Waals surface area contributed by atoms with Crippen LogP contribution in [0.25, 0.3) is 0 Å². The highest BCUT2D eigenvalue weighted by Gasteiger charge is 2.20. The predicted octanol–water partition coefficient (Wildman–Crippen LogP) is 0.864. The average molecular weight is 266 g/mol. The molecule has 1 aliphatic heterocycles. The fraction of sp³-hybridized carbons (Fsp3) is 0.571. The molecular formula is C14H22N2O3. The number of anilines is 1. The van der Waals surface area contributed by atoms with Crippen molar-refractivity contribution in [2.75, 3.05) is 45.4 Å². The van der Waals surface area contributed by atoms with Crippen molar-refractivity contribution in [3.05, 3.63) is 18.2 Å². The monoisotopic (exact) mass is 266 g/mol. The Labute approximate surface area is 114 Å². The van der Waals surface area contributed by atoms with Gasteiger partial charge in [-0.15, -0.1) is 0 Å². The summed E-state index contributed by atoms with van der Waals surface area (Å²) in [6, 6.07) is 5.94. The van der Waals surface area contributed by atoms with Crippen LogP contribution in [-0.2, 0) is 0 Å². The van der Waals surface area contributed by atoms with Crippen LogP contribution in [0.15, 0.2) is 18.2 Å². The molecule has 1 heterocycles. The van der Waals surface area contributed by atoms with Crippen LogP contribution in [0.5, 0.6) is 11.5 Å². The van der Waals surface area contributed by atoms with Crippen molar-refractivity contribution < 1.29 is 14.6 Å².